The van der Waals surface area contributed by atoms with Crippen LogP contribution in [0.3, 0.4) is 0 Å². The average Bonchev–Trinajstić information content (AvgIpc) is 3.64. The van der Waals surface area contributed by atoms with Crippen LogP contribution in [0.15, 0.2) is 0 Å². The van der Waals surface area contributed by atoms with E-state index >= 15 is 0 Å². The molecule has 0 aromatic rings. The van der Waals surface area contributed by atoms with Crippen molar-refractivity contribution in [1.82, 2.24) is 5.06 Å². The Morgan fingerprint density at radius 2 is 1.06 bits per heavy atom. The van der Waals surface area contributed by atoms with Gasteiger partial charge in [-0.15, -0.1) is 0 Å². The zero-order valence-electron chi connectivity index (χ0n) is 22.0. The molecule has 0 aromatic heterocycles. The zero-order chi connectivity index (χ0) is 22.5. The Morgan fingerprint density at radius 1 is 0.613 bits per heavy atom. The molecule has 0 aliphatic heterocycles. The average molecular weight is 436 g/mol. The SMILES string of the molecule is CCCCCC1CC1CCCC(CCCC1CC1CCCCC)C(CCC)ON(C)C. The number of hydrogen-bond donors (Lipinski definition) is 0. The van der Waals surface area contributed by atoms with E-state index in [4.69, 9.17) is 4.84 Å². The van der Waals surface area contributed by atoms with Crippen LogP contribution in [0.25, 0.3) is 0 Å². The van der Waals surface area contributed by atoms with Crippen LogP contribution in [0.5, 0.6) is 0 Å². The van der Waals surface area contributed by atoms with E-state index in [-0.39, 0.29) is 0 Å². The molecule has 0 aromatic carbocycles. The summed E-state index contributed by atoms with van der Waals surface area (Å²) in [6.07, 6.45) is 26.1. The molecule has 0 N–H and O–H groups in total. The number of rotatable bonds is 21. The van der Waals surface area contributed by atoms with Crippen molar-refractivity contribution in [3.8, 4) is 0 Å². The van der Waals surface area contributed by atoms with Gasteiger partial charge in [-0.3, -0.25) is 4.84 Å². The first kappa shape index (κ1) is 27.2. The minimum atomic E-state index is 0.430. The van der Waals surface area contributed by atoms with Gasteiger partial charge in [-0.05, 0) is 61.7 Å². The summed E-state index contributed by atoms with van der Waals surface area (Å²) in [4.78, 5) is 6.31. The molecule has 2 aliphatic rings. The summed E-state index contributed by atoms with van der Waals surface area (Å²) in [7, 11) is 4.13. The Kier molecular flexibility index (Phi) is 13.8. The van der Waals surface area contributed by atoms with E-state index in [9.17, 15) is 0 Å². The zero-order valence-corrected chi connectivity index (χ0v) is 22.0. The Bertz CT molecular complexity index is 406. The first-order valence-corrected chi connectivity index (χ1v) is 14.4. The van der Waals surface area contributed by atoms with Crippen LogP contribution in [-0.2, 0) is 4.84 Å². The lowest BCUT2D eigenvalue weighted by atomic mass is 9.87. The lowest BCUT2D eigenvalue weighted by Gasteiger charge is -2.29. The molecule has 2 aliphatic carbocycles. The number of unbranched alkanes of at least 4 members (excludes halogenated alkanes) is 4. The van der Waals surface area contributed by atoms with E-state index in [1.54, 1.807) is 0 Å². The molecular weight excluding hydrogens is 378 g/mol. The van der Waals surface area contributed by atoms with E-state index in [1.165, 1.54) is 116 Å². The van der Waals surface area contributed by atoms with Crippen molar-refractivity contribution in [3.63, 3.8) is 0 Å². The largest absolute Gasteiger partial charge is 0.296 e. The van der Waals surface area contributed by atoms with Gasteiger partial charge in [-0.2, -0.15) is 5.06 Å². The third-order valence-electron chi connectivity index (χ3n) is 8.24. The second kappa shape index (κ2) is 15.7. The highest BCUT2D eigenvalue weighted by Crippen LogP contribution is 2.47. The minimum Gasteiger partial charge on any atom is -0.296 e. The maximum absolute atomic E-state index is 6.31. The fraction of sp³-hybridized carbons (Fsp3) is 1.00. The summed E-state index contributed by atoms with van der Waals surface area (Å²) < 4.78 is 0. The van der Waals surface area contributed by atoms with Crippen LogP contribution in [0.4, 0.5) is 0 Å². The van der Waals surface area contributed by atoms with Crippen molar-refractivity contribution in [2.75, 3.05) is 14.1 Å². The monoisotopic (exact) mass is 435 g/mol. The molecule has 0 heterocycles. The highest BCUT2D eigenvalue weighted by atomic mass is 16.7. The third kappa shape index (κ3) is 11.6. The normalized spacial score (nSPS) is 26.9. The van der Waals surface area contributed by atoms with Crippen molar-refractivity contribution < 1.29 is 4.84 Å². The van der Waals surface area contributed by atoms with Gasteiger partial charge in [0, 0.05) is 14.1 Å². The molecular formula is C29H57NO. The fourth-order valence-corrected chi connectivity index (χ4v) is 6.08. The van der Waals surface area contributed by atoms with Gasteiger partial charge in [0.15, 0.2) is 0 Å². The summed E-state index contributed by atoms with van der Waals surface area (Å²) in [5.41, 5.74) is 0. The number of hydroxylamine groups is 2. The Balaban J connectivity index is 1.69. The van der Waals surface area contributed by atoms with E-state index in [1.807, 2.05) is 5.06 Å². The summed E-state index contributed by atoms with van der Waals surface area (Å²) in [6.45, 7) is 6.96. The summed E-state index contributed by atoms with van der Waals surface area (Å²) >= 11 is 0. The predicted molar refractivity (Wildman–Crippen MR) is 136 cm³/mol. The molecule has 5 atom stereocenters. The van der Waals surface area contributed by atoms with Crippen LogP contribution < -0.4 is 0 Å². The van der Waals surface area contributed by atoms with Crippen molar-refractivity contribution in [2.24, 2.45) is 29.6 Å². The van der Waals surface area contributed by atoms with Crippen molar-refractivity contribution >= 4 is 0 Å². The van der Waals surface area contributed by atoms with Gasteiger partial charge in [-0.25, -0.2) is 0 Å². The molecule has 2 saturated carbocycles. The summed E-state index contributed by atoms with van der Waals surface area (Å²) in [5, 5.41) is 1.96. The maximum Gasteiger partial charge on any atom is 0.0820 e. The van der Waals surface area contributed by atoms with Crippen LogP contribution in [0, 0.1) is 29.6 Å². The van der Waals surface area contributed by atoms with Gasteiger partial charge in [0.25, 0.3) is 0 Å². The van der Waals surface area contributed by atoms with Crippen LogP contribution in [0.2, 0.25) is 0 Å². The van der Waals surface area contributed by atoms with Crippen LogP contribution in [0.1, 0.15) is 136 Å². The van der Waals surface area contributed by atoms with E-state index in [0.29, 0.717) is 6.10 Å². The van der Waals surface area contributed by atoms with Gasteiger partial charge >= 0.3 is 0 Å². The molecule has 184 valence electrons. The maximum atomic E-state index is 6.31. The quantitative estimate of drug-likeness (QED) is 0.132. The number of nitrogens with zero attached hydrogens (tertiary/aromatic N) is 1. The van der Waals surface area contributed by atoms with Gasteiger partial charge in [0.05, 0.1) is 6.10 Å². The smallest absolute Gasteiger partial charge is 0.0820 e. The van der Waals surface area contributed by atoms with Gasteiger partial charge in [0.2, 0.25) is 0 Å². The molecule has 5 unspecified atom stereocenters. The minimum absolute atomic E-state index is 0.430. The highest BCUT2D eigenvalue weighted by molar-refractivity contribution is 4.87. The standard InChI is InChI=1S/C29H57NO/c1-6-9-11-16-25-22-27(25)20-13-18-24(29(15-8-3)31-30(4)5)19-14-21-28-23-26(28)17-12-10-7-2/h24-29H,6-23H2,1-5H3. The van der Waals surface area contributed by atoms with Crippen LogP contribution in [-0.4, -0.2) is 25.3 Å². The molecule has 31 heavy (non-hydrogen) atoms. The van der Waals surface area contributed by atoms with Crippen molar-refractivity contribution in [1.29, 1.82) is 0 Å². The van der Waals surface area contributed by atoms with E-state index < -0.39 is 0 Å². The molecule has 0 saturated heterocycles. The van der Waals surface area contributed by atoms with Gasteiger partial charge in [0.1, 0.15) is 0 Å². The predicted octanol–water partition coefficient (Wildman–Crippen LogP) is 9.04. The second-order valence-corrected chi connectivity index (χ2v) is 11.4. The summed E-state index contributed by atoms with van der Waals surface area (Å²) in [6, 6.07) is 0. The molecule has 0 radical (unpaired) electrons. The number of hydrogen-bond acceptors (Lipinski definition) is 2. The third-order valence-corrected chi connectivity index (χ3v) is 8.24. The summed E-state index contributed by atoms with van der Waals surface area (Å²) in [5.74, 6) is 5.04. The van der Waals surface area contributed by atoms with E-state index in [0.717, 1.165) is 29.6 Å². The molecule has 2 heteroatoms. The fourth-order valence-electron chi connectivity index (χ4n) is 6.08. The highest BCUT2D eigenvalue weighted by Gasteiger charge is 2.37. The van der Waals surface area contributed by atoms with Crippen molar-refractivity contribution in [3.05, 3.63) is 0 Å². The Labute approximate surface area is 196 Å². The topological polar surface area (TPSA) is 12.5 Å². The first-order valence-electron chi connectivity index (χ1n) is 14.4. The molecule has 2 rings (SSSR count). The Morgan fingerprint density at radius 3 is 1.45 bits per heavy atom. The van der Waals surface area contributed by atoms with Crippen LogP contribution >= 0.6 is 0 Å². The molecule has 0 amide bonds. The first-order chi connectivity index (χ1) is 15.1. The van der Waals surface area contributed by atoms with Crippen molar-refractivity contribution in [2.45, 2.75) is 142 Å². The second-order valence-electron chi connectivity index (χ2n) is 11.4. The molecule has 2 nitrogen and oxygen atoms in total. The molecule has 0 spiro atoms. The van der Waals surface area contributed by atoms with Gasteiger partial charge < -0.3 is 0 Å². The lowest BCUT2D eigenvalue weighted by Crippen LogP contribution is -2.30. The molecule has 0 bridgehead atoms. The van der Waals surface area contributed by atoms with E-state index in [2.05, 4.69) is 34.9 Å². The Hall–Kier alpha value is -0.0800. The van der Waals surface area contributed by atoms with Gasteiger partial charge in [-0.1, -0.05) is 104 Å². The lowest BCUT2D eigenvalue weighted by molar-refractivity contribution is -0.185. The molecule has 2 fully saturated rings.